The van der Waals surface area contributed by atoms with Gasteiger partial charge in [0.05, 0.1) is 13.2 Å². The van der Waals surface area contributed by atoms with Crippen LogP contribution in [-0.2, 0) is 23.9 Å². The van der Waals surface area contributed by atoms with Gasteiger partial charge >= 0.3 is 5.79 Å². The fourth-order valence-electron chi connectivity index (χ4n) is 4.10. The van der Waals surface area contributed by atoms with E-state index < -0.39 is 51.8 Å². The summed E-state index contributed by atoms with van der Waals surface area (Å²) < 4.78 is 16.2. The first-order chi connectivity index (χ1) is 14.2. The van der Waals surface area contributed by atoms with Gasteiger partial charge in [0, 0.05) is 6.92 Å². The van der Waals surface area contributed by atoms with Gasteiger partial charge in [-0.2, -0.15) is 0 Å². The van der Waals surface area contributed by atoms with Crippen molar-refractivity contribution in [3.05, 3.63) is 24.3 Å². The first kappa shape index (κ1) is 24.6. The third-order valence-electron chi connectivity index (χ3n) is 5.82. The molecule has 1 heterocycles. The summed E-state index contributed by atoms with van der Waals surface area (Å²) >= 11 is 0. The molecule has 1 aliphatic heterocycles. The molecule has 31 heavy (non-hydrogen) atoms. The Kier molecular flexibility index (Phi) is 6.19. The molecular weight excluding hydrogens is 412 g/mol. The highest BCUT2D eigenvalue weighted by molar-refractivity contribution is 6.09. The van der Waals surface area contributed by atoms with Crippen LogP contribution in [0.4, 0.5) is 0 Å². The normalized spacial score (nSPS) is 35.2. The van der Waals surface area contributed by atoms with Crippen LogP contribution >= 0.6 is 0 Å². The highest BCUT2D eigenvalue weighted by atomic mass is 16.7. The van der Waals surface area contributed by atoms with Crippen LogP contribution in [0.5, 0.6) is 11.5 Å². The van der Waals surface area contributed by atoms with Crippen LogP contribution in [0.3, 0.4) is 0 Å². The molecule has 0 saturated carbocycles. The van der Waals surface area contributed by atoms with E-state index in [2.05, 4.69) is 0 Å². The lowest BCUT2D eigenvalue weighted by atomic mass is 9.57. The number of rotatable bonds is 7. The Labute approximate surface area is 178 Å². The van der Waals surface area contributed by atoms with Crippen molar-refractivity contribution < 1.29 is 48.7 Å². The molecular formula is C21H26O10. The Morgan fingerprint density at radius 2 is 1.26 bits per heavy atom. The summed E-state index contributed by atoms with van der Waals surface area (Å²) in [4.78, 5) is 50.6. The summed E-state index contributed by atoms with van der Waals surface area (Å²) in [5, 5.41) is 34.1. The number of carbonyl (C=O) groups excluding carboxylic acids is 4. The average Bonchev–Trinajstić information content (AvgIpc) is 2.69. The maximum absolute atomic E-state index is 12.8. The van der Waals surface area contributed by atoms with Crippen LogP contribution in [-0.4, -0.2) is 74.3 Å². The standard InChI is InChI=1S/C21H26O10/c1-11(22)18(26)15(5)30-21(14(4)25,31-17-9-7-16(29-6)8-10-17)20(28,13(3)24)19(18,27)12(2)23/h7-10,15,26-28H,1-6H3/t15-,18+,19+,20-,21-/m1/s1. The van der Waals surface area contributed by atoms with Gasteiger partial charge in [0.25, 0.3) is 0 Å². The van der Waals surface area contributed by atoms with Gasteiger partial charge in [0.1, 0.15) is 11.5 Å². The summed E-state index contributed by atoms with van der Waals surface area (Å²) in [7, 11) is 1.42. The Morgan fingerprint density at radius 1 is 0.806 bits per heavy atom. The third kappa shape index (κ3) is 3.01. The number of ether oxygens (including phenoxy) is 3. The molecule has 5 atom stereocenters. The number of hydrogen-bond donors (Lipinski definition) is 3. The second-order valence-corrected chi connectivity index (χ2v) is 7.57. The van der Waals surface area contributed by atoms with Crippen molar-refractivity contribution in [1.82, 2.24) is 0 Å². The fourth-order valence-corrected chi connectivity index (χ4v) is 4.10. The van der Waals surface area contributed by atoms with E-state index in [4.69, 9.17) is 14.2 Å². The largest absolute Gasteiger partial charge is 0.497 e. The Hall–Kier alpha value is -2.66. The topological polar surface area (TPSA) is 157 Å². The molecule has 0 amide bonds. The van der Waals surface area contributed by atoms with Crippen LogP contribution < -0.4 is 9.47 Å². The van der Waals surface area contributed by atoms with E-state index >= 15 is 0 Å². The van der Waals surface area contributed by atoms with Crippen molar-refractivity contribution in [1.29, 1.82) is 0 Å². The van der Waals surface area contributed by atoms with E-state index in [9.17, 15) is 34.5 Å². The predicted octanol–water partition coefficient (Wildman–Crippen LogP) is -0.262. The first-order valence-electron chi connectivity index (χ1n) is 9.39. The van der Waals surface area contributed by atoms with Gasteiger partial charge in [-0.15, -0.1) is 0 Å². The number of hydrogen-bond acceptors (Lipinski definition) is 10. The van der Waals surface area contributed by atoms with E-state index in [1.165, 1.54) is 31.4 Å². The molecule has 0 aliphatic carbocycles. The molecule has 2 rings (SSSR count). The lowest BCUT2D eigenvalue weighted by Gasteiger charge is -2.60. The maximum atomic E-state index is 12.8. The molecule has 3 N–H and O–H groups in total. The van der Waals surface area contributed by atoms with Gasteiger partial charge < -0.3 is 29.5 Å². The zero-order valence-corrected chi connectivity index (χ0v) is 18.1. The summed E-state index contributed by atoms with van der Waals surface area (Å²) in [6, 6.07) is 5.56. The molecule has 1 aromatic carbocycles. The molecule has 1 aromatic rings. The maximum Gasteiger partial charge on any atom is 0.310 e. The number of ketones is 4. The number of methoxy groups -OCH3 is 1. The monoisotopic (exact) mass is 438 g/mol. The van der Waals surface area contributed by atoms with Crippen LogP contribution in [0.2, 0.25) is 0 Å². The predicted molar refractivity (Wildman–Crippen MR) is 104 cm³/mol. The minimum Gasteiger partial charge on any atom is -0.497 e. The van der Waals surface area contributed by atoms with Crippen molar-refractivity contribution in [2.45, 2.75) is 63.3 Å². The fraction of sp³-hybridized carbons (Fsp3) is 0.524. The van der Waals surface area contributed by atoms with E-state index in [1.54, 1.807) is 0 Å². The SMILES string of the molecule is COc1ccc(O[C@@]2(C(C)=O)O[C@H](C)[C@@](O)(C(C)=O)[C@@](O)(C(C)=O)[C@]2(O)C(C)=O)cc1. The molecule has 0 unspecified atom stereocenters. The smallest absolute Gasteiger partial charge is 0.310 e. The molecule has 10 heteroatoms. The van der Waals surface area contributed by atoms with Gasteiger partial charge in [0.15, 0.2) is 23.0 Å². The van der Waals surface area contributed by atoms with Gasteiger partial charge in [-0.25, -0.2) is 0 Å². The number of carbonyl (C=O) groups is 4. The van der Waals surface area contributed by atoms with Crippen LogP contribution in [0.1, 0.15) is 34.6 Å². The van der Waals surface area contributed by atoms with Crippen molar-refractivity contribution in [2.75, 3.05) is 7.11 Å². The van der Waals surface area contributed by atoms with E-state index in [0.29, 0.717) is 5.75 Å². The minimum atomic E-state index is -3.50. The average molecular weight is 438 g/mol. The van der Waals surface area contributed by atoms with E-state index in [1.807, 2.05) is 0 Å². The zero-order chi connectivity index (χ0) is 24.0. The summed E-state index contributed by atoms with van der Waals surface area (Å²) in [5.74, 6) is -7.61. The van der Waals surface area contributed by atoms with Crippen LogP contribution in [0.25, 0.3) is 0 Å². The van der Waals surface area contributed by atoms with Crippen molar-refractivity contribution in [3.63, 3.8) is 0 Å². The summed E-state index contributed by atoms with van der Waals surface area (Å²) in [6.45, 7) is 4.38. The highest BCUT2D eigenvalue weighted by Crippen LogP contribution is 2.52. The van der Waals surface area contributed by atoms with E-state index in [-0.39, 0.29) is 5.75 Å². The minimum absolute atomic E-state index is 0.0953. The quantitative estimate of drug-likeness (QED) is 0.518. The number of benzene rings is 1. The highest BCUT2D eigenvalue weighted by Gasteiger charge is 2.84. The number of aliphatic hydroxyl groups is 3. The van der Waals surface area contributed by atoms with Gasteiger partial charge in [0.2, 0.25) is 17.0 Å². The van der Waals surface area contributed by atoms with Crippen LogP contribution in [0.15, 0.2) is 24.3 Å². The summed E-state index contributed by atoms with van der Waals surface area (Å²) in [6.07, 6.45) is -1.75. The van der Waals surface area contributed by atoms with Crippen LogP contribution in [0, 0.1) is 0 Å². The lowest BCUT2D eigenvalue weighted by molar-refractivity contribution is -0.377. The second kappa shape index (κ2) is 7.79. The zero-order valence-electron chi connectivity index (χ0n) is 18.1. The Morgan fingerprint density at radius 3 is 1.61 bits per heavy atom. The Bertz CT molecular complexity index is 925. The Balaban J connectivity index is 2.90. The third-order valence-corrected chi connectivity index (χ3v) is 5.82. The molecule has 0 radical (unpaired) electrons. The molecule has 170 valence electrons. The molecule has 1 fully saturated rings. The number of Topliss-reactive ketones (excluding diaryl/α,β-unsaturated/α-hetero) is 4. The molecule has 10 nitrogen and oxygen atoms in total. The molecule has 1 aliphatic rings. The first-order valence-corrected chi connectivity index (χ1v) is 9.39. The van der Waals surface area contributed by atoms with Gasteiger partial charge in [-0.3, -0.25) is 19.2 Å². The van der Waals surface area contributed by atoms with Crippen molar-refractivity contribution >= 4 is 23.1 Å². The van der Waals surface area contributed by atoms with Crippen molar-refractivity contribution in [2.24, 2.45) is 0 Å². The van der Waals surface area contributed by atoms with Crippen molar-refractivity contribution in [3.8, 4) is 11.5 Å². The molecule has 0 aromatic heterocycles. The summed E-state index contributed by atoms with van der Waals surface area (Å²) in [5.41, 5.74) is -10.0. The molecule has 1 saturated heterocycles. The second-order valence-electron chi connectivity index (χ2n) is 7.57. The van der Waals surface area contributed by atoms with E-state index in [0.717, 1.165) is 34.6 Å². The lowest BCUT2D eigenvalue weighted by Crippen LogP contribution is -2.91. The molecule has 0 spiro atoms. The van der Waals surface area contributed by atoms with Gasteiger partial charge in [-0.05, 0) is 52.0 Å². The van der Waals surface area contributed by atoms with Gasteiger partial charge in [-0.1, -0.05) is 0 Å². The molecule has 0 bridgehead atoms.